The molecule has 1 saturated carbocycles. The molecule has 1 fully saturated rings. The van der Waals surface area contributed by atoms with Crippen LogP contribution in [0.2, 0.25) is 0 Å². The summed E-state index contributed by atoms with van der Waals surface area (Å²) in [4.78, 5) is 2.37. The van der Waals surface area contributed by atoms with Gasteiger partial charge in [0.25, 0.3) is 0 Å². The number of nitrogens with one attached hydrogen (secondary N) is 1. The van der Waals surface area contributed by atoms with Gasteiger partial charge < -0.3 is 15.0 Å². The summed E-state index contributed by atoms with van der Waals surface area (Å²) in [6, 6.07) is 0. The molecule has 0 aliphatic heterocycles. The second-order valence-corrected chi connectivity index (χ2v) is 8.87. The molecular formula is C20H38N4O. The predicted molar refractivity (Wildman–Crippen MR) is 104 cm³/mol. The van der Waals surface area contributed by atoms with E-state index in [2.05, 4.69) is 61.1 Å². The molecule has 2 rings (SSSR count). The van der Waals surface area contributed by atoms with Gasteiger partial charge in [0, 0.05) is 43.9 Å². The van der Waals surface area contributed by atoms with E-state index in [9.17, 15) is 0 Å². The molecule has 0 unspecified atom stereocenters. The Kier molecular flexibility index (Phi) is 7.47. The van der Waals surface area contributed by atoms with Crippen LogP contribution in [0.25, 0.3) is 0 Å². The molecular weight excluding hydrogens is 312 g/mol. The van der Waals surface area contributed by atoms with E-state index in [0.29, 0.717) is 12.0 Å². The number of rotatable bonds is 8. The standard InChI is InChI=1S/C20H38N4O/c1-20(2,3)15-25-18-9-7-16(8-10-18)19-17(13-22-24(19)6)14-23(5)12-11-21-4/h13,16,18,21H,7-12,14-15H2,1-6H3. The van der Waals surface area contributed by atoms with Crippen molar-refractivity contribution in [1.29, 1.82) is 0 Å². The maximum atomic E-state index is 6.14. The Morgan fingerprint density at radius 3 is 2.56 bits per heavy atom. The highest BCUT2D eigenvalue weighted by Gasteiger charge is 2.28. The molecule has 144 valence electrons. The molecule has 1 aromatic heterocycles. The van der Waals surface area contributed by atoms with E-state index in [1.807, 2.05) is 7.05 Å². The summed E-state index contributed by atoms with van der Waals surface area (Å²) in [7, 11) is 6.28. The Balaban J connectivity index is 1.91. The van der Waals surface area contributed by atoms with Crippen LogP contribution in [-0.2, 0) is 18.3 Å². The molecule has 0 atom stereocenters. The molecule has 0 bridgehead atoms. The highest BCUT2D eigenvalue weighted by atomic mass is 16.5. The Hall–Kier alpha value is -0.910. The van der Waals surface area contributed by atoms with Crippen molar-refractivity contribution < 1.29 is 4.74 Å². The monoisotopic (exact) mass is 350 g/mol. The number of hydrogen-bond donors (Lipinski definition) is 1. The fourth-order valence-corrected chi connectivity index (χ4v) is 3.68. The lowest BCUT2D eigenvalue weighted by molar-refractivity contribution is -0.0126. The van der Waals surface area contributed by atoms with Gasteiger partial charge in [-0.15, -0.1) is 0 Å². The molecule has 1 aliphatic carbocycles. The van der Waals surface area contributed by atoms with Crippen LogP contribution in [0.4, 0.5) is 0 Å². The van der Waals surface area contributed by atoms with E-state index in [4.69, 9.17) is 4.74 Å². The van der Waals surface area contributed by atoms with Gasteiger partial charge in [-0.2, -0.15) is 5.10 Å². The van der Waals surface area contributed by atoms with Gasteiger partial charge in [0.2, 0.25) is 0 Å². The molecule has 0 saturated heterocycles. The number of likely N-dealkylation sites (N-methyl/N-ethyl adjacent to an activating group) is 2. The maximum absolute atomic E-state index is 6.14. The van der Waals surface area contributed by atoms with Crippen molar-refractivity contribution in [3.63, 3.8) is 0 Å². The molecule has 1 aliphatic rings. The zero-order valence-corrected chi connectivity index (χ0v) is 17.1. The average molecular weight is 351 g/mol. The molecule has 1 N–H and O–H groups in total. The summed E-state index contributed by atoms with van der Waals surface area (Å²) in [5.41, 5.74) is 3.08. The number of ether oxygens (including phenoxy) is 1. The van der Waals surface area contributed by atoms with Gasteiger partial charge in [-0.1, -0.05) is 20.8 Å². The van der Waals surface area contributed by atoms with Crippen molar-refractivity contribution in [3.05, 3.63) is 17.5 Å². The average Bonchev–Trinajstić information content (AvgIpc) is 2.91. The van der Waals surface area contributed by atoms with Gasteiger partial charge in [-0.05, 0) is 45.2 Å². The Bertz CT molecular complexity index is 512. The summed E-state index contributed by atoms with van der Waals surface area (Å²) in [6.07, 6.45) is 7.25. The first-order chi connectivity index (χ1) is 11.8. The molecule has 1 aromatic rings. The van der Waals surface area contributed by atoms with E-state index in [1.54, 1.807) is 0 Å². The fraction of sp³-hybridized carbons (Fsp3) is 0.850. The van der Waals surface area contributed by atoms with E-state index in [0.717, 1.165) is 26.2 Å². The maximum Gasteiger partial charge on any atom is 0.0575 e. The molecule has 0 aromatic carbocycles. The summed E-state index contributed by atoms with van der Waals surface area (Å²) >= 11 is 0. The lowest BCUT2D eigenvalue weighted by Crippen LogP contribution is -2.28. The van der Waals surface area contributed by atoms with Crippen LogP contribution in [-0.4, -0.2) is 54.6 Å². The molecule has 0 radical (unpaired) electrons. The van der Waals surface area contributed by atoms with Crippen LogP contribution in [0.15, 0.2) is 6.20 Å². The van der Waals surface area contributed by atoms with Crippen LogP contribution in [0.5, 0.6) is 0 Å². The highest BCUT2D eigenvalue weighted by Crippen LogP contribution is 2.36. The van der Waals surface area contributed by atoms with Crippen LogP contribution in [0, 0.1) is 5.41 Å². The Morgan fingerprint density at radius 2 is 1.96 bits per heavy atom. The predicted octanol–water partition coefficient (Wildman–Crippen LogP) is 3.16. The Morgan fingerprint density at radius 1 is 1.28 bits per heavy atom. The highest BCUT2D eigenvalue weighted by molar-refractivity contribution is 5.22. The summed E-state index contributed by atoms with van der Waals surface area (Å²) in [5, 5.41) is 7.77. The molecule has 0 amide bonds. The normalized spacial score (nSPS) is 21.9. The second-order valence-electron chi connectivity index (χ2n) is 8.87. The van der Waals surface area contributed by atoms with Crippen molar-refractivity contribution in [1.82, 2.24) is 20.0 Å². The van der Waals surface area contributed by atoms with Gasteiger partial charge in [-0.25, -0.2) is 0 Å². The third-order valence-corrected chi connectivity index (χ3v) is 5.06. The molecule has 5 nitrogen and oxygen atoms in total. The van der Waals surface area contributed by atoms with Crippen molar-refractivity contribution in [2.45, 2.75) is 65.0 Å². The van der Waals surface area contributed by atoms with Crippen molar-refractivity contribution in [2.24, 2.45) is 12.5 Å². The van der Waals surface area contributed by atoms with Crippen LogP contribution >= 0.6 is 0 Å². The van der Waals surface area contributed by atoms with Crippen molar-refractivity contribution in [3.8, 4) is 0 Å². The molecule has 1 heterocycles. The first kappa shape index (κ1) is 20.4. The van der Waals surface area contributed by atoms with Crippen LogP contribution in [0.1, 0.15) is 63.6 Å². The third-order valence-electron chi connectivity index (χ3n) is 5.06. The van der Waals surface area contributed by atoms with Gasteiger partial charge >= 0.3 is 0 Å². The van der Waals surface area contributed by atoms with Crippen molar-refractivity contribution >= 4 is 0 Å². The van der Waals surface area contributed by atoms with E-state index >= 15 is 0 Å². The largest absolute Gasteiger partial charge is 0.378 e. The number of aromatic nitrogens is 2. The molecule has 0 spiro atoms. The zero-order chi connectivity index (χ0) is 18.4. The zero-order valence-electron chi connectivity index (χ0n) is 17.1. The quantitative estimate of drug-likeness (QED) is 0.782. The second kappa shape index (κ2) is 9.15. The minimum atomic E-state index is 0.254. The van der Waals surface area contributed by atoms with Crippen LogP contribution < -0.4 is 5.32 Å². The number of nitrogens with zero attached hydrogens (tertiary/aromatic N) is 3. The fourth-order valence-electron chi connectivity index (χ4n) is 3.68. The summed E-state index contributed by atoms with van der Waals surface area (Å²) < 4.78 is 8.24. The number of aryl methyl sites for hydroxylation is 1. The topological polar surface area (TPSA) is 42.3 Å². The van der Waals surface area contributed by atoms with E-state index in [1.165, 1.54) is 36.9 Å². The van der Waals surface area contributed by atoms with Gasteiger partial charge in [0.15, 0.2) is 0 Å². The Labute approximate surface area is 154 Å². The van der Waals surface area contributed by atoms with E-state index < -0.39 is 0 Å². The van der Waals surface area contributed by atoms with Gasteiger partial charge in [0.05, 0.1) is 18.9 Å². The van der Waals surface area contributed by atoms with Gasteiger partial charge in [-0.3, -0.25) is 4.68 Å². The van der Waals surface area contributed by atoms with Gasteiger partial charge in [0.1, 0.15) is 0 Å². The van der Waals surface area contributed by atoms with Crippen LogP contribution in [0.3, 0.4) is 0 Å². The third kappa shape index (κ3) is 6.39. The van der Waals surface area contributed by atoms with E-state index in [-0.39, 0.29) is 5.41 Å². The van der Waals surface area contributed by atoms with Crippen molar-refractivity contribution in [2.75, 3.05) is 33.8 Å². The summed E-state index contributed by atoms with van der Waals surface area (Å²) in [6.45, 7) is 10.6. The lowest BCUT2D eigenvalue weighted by Gasteiger charge is -2.31. The molecule has 25 heavy (non-hydrogen) atoms. The number of hydrogen-bond acceptors (Lipinski definition) is 4. The summed E-state index contributed by atoms with van der Waals surface area (Å²) in [5.74, 6) is 0.620. The first-order valence-corrected chi connectivity index (χ1v) is 9.75. The molecule has 5 heteroatoms. The lowest BCUT2D eigenvalue weighted by atomic mass is 9.83. The minimum Gasteiger partial charge on any atom is -0.378 e. The SMILES string of the molecule is CNCCN(C)Cc1cnn(C)c1C1CCC(OCC(C)(C)C)CC1. The minimum absolute atomic E-state index is 0.254. The first-order valence-electron chi connectivity index (χ1n) is 9.75. The smallest absolute Gasteiger partial charge is 0.0575 e.